The fraction of sp³-hybridized carbons (Fsp3) is 0.585. The second-order valence-corrected chi connectivity index (χ2v) is 18.3. The van der Waals surface area contributed by atoms with Gasteiger partial charge in [0, 0.05) is 61.8 Å². The minimum atomic E-state index is -3.97. The average molecular weight is 799 g/mol. The van der Waals surface area contributed by atoms with E-state index in [0.29, 0.717) is 49.5 Å². The molecule has 12 nitrogen and oxygen atoms in total. The van der Waals surface area contributed by atoms with Gasteiger partial charge in [0.1, 0.15) is 18.0 Å². The second-order valence-electron chi connectivity index (χ2n) is 15.8. The maximum atomic E-state index is 13.4. The number of carbonyl (C=O) groups excluding carboxylic acids is 3. The molecule has 2 saturated heterocycles. The van der Waals surface area contributed by atoms with E-state index < -0.39 is 26.8 Å². The van der Waals surface area contributed by atoms with Crippen molar-refractivity contribution in [3.8, 4) is 5.75 Å². The summed E-state index contributed by atoms with van der Waals surface area (Å²) >= 11 is 6.40. The van der Waals surface area contributed by atoms with E-state index in [4.69, 9.17) is 25.8 Å². The van der Waals surface area contributed by atoms with Crippen LogP contribution in [0.3, 0.4) is 0 Å². The maximum Gasteiger partial charge on any atom is 0.410 e. The molecule has 55 heavy (non-hydrogen) atoms. The van der Waals surface area contributed by atoms with E-state index in [1.807, 2.05) is 25.1 Å². The number of hydrogen-bond donors (Lipinski definition) is 2. The average Bonchev–Trinajstić information content (AvgIpc) is 3.46. The molecule has 4 heterocycles. The molecule has 300 valence electrons. The summed E-state index contributed by atoms with van der Waals surface area (Å²) in [6, 6.07) is 11.6. The largest absolute Gasteiger partial charge is 0.490 e. The van der Waals surface area contributed by atoms with Crippen molar-refractivity contribution in [1.29, 1.82) is 0 Å². The summed E-state index contributed by atoms with van der Waals surface area (Å²) in [7, 11) is -2.41. The SMILES string of the molecule is C.CO[C@]1(C=O)/C=C/C[C@H](C)[C@@H](C)S(=O)(=O)NC(=O)c2ccc3c(c2)N(C[C@@H]2CC[C@H]21)C[C@@]1(CCCc2cc(Cl)ccc21)CO3.O=C1OC[C@@H]2CNCCN12. The number of carbonyl (C=O) groups is 3. The van der Waals surface area contributed by atoms with Crippen molar-refractivity contribution >= 4 is 45.6 Å². The van der Waals surface area contributed by atoms with Crippen LogP contribution in [0.2, 0.25) is 5.02 Å². The number of allylic oxidation sites excluding steroid dienone is 1. The third-order valence-electron chi connectivity index (χ3n) is 12.7. The van der Waals surface area contributed by atoms with Gasteiger partial charge in [0.05, 0.1) is 23.6 Å². The zero-order valence-corrected chi connectivity index (χ0v) is 32.8. The van der Waals surface area contributed by atoms with E-state index in [1.54, 1.807) is 37.1 Å². The predicted octanol–water partition coefficient (Wildman–Crippen LogP) is 5.51. The molecule has 8 rings (SSSR count). The van der Waals surface area contributed by atoms with E-state index in [0.717, 1.165) is 63.7 Å². The van der Waals surface area contributed by atoms with Crippen molar-refractivity contribution in [3.63, 3.8) is 0 Å². The van der Waals surface area contributed by atoms with Crippen LogP contribution in [0.15, 0.2) is 48.6 Å². The van der Waals surface area contributed by atoms with Gasteiger partial charge < -0.3 is 24.4 Å². The summed E-state index contributed by atoms with van der Waals surface area (Å²) in [4.78, 5) is 41.0. The van der Waals surface area contributed by atoms with E-state index in [1.165, 1.54) is 11.1 Å². The summed E-state index contributed by atoms with van der Waals surface area (Å²) < 4.78 is 46.2. The highest BCUT2D eigenvalue weighted by Gasteiger charge is 2.49. The lowest BCUT2D eigenvalue weighted by Gasteiger charge is -2.48. The van der Waals surface area contributed by atoms with Gasteiger partial charge in [0.25, 0.3) is 5.91 Å². The lowest BCUT2D eigenvalue weighted by molar-refractivity contribution is -0.135. The highest BCUT2D eigenvalue weighted by atomic mass is 35.5. The molecule has 0 unspecified atom stereocenters. The number of anilines is 1. The molecule has 2 bridgehead atoms. The molecule has 1 saturated carbocycles. The summed E-state index contributed by atoms with van der Waals surface area (Å²) in [5.74, 6) is -0.203. The first-order valence-corrected chi connectivity index (χ1v) is 21.0. The minimum Gasteiger partial charge on any atom is -0.490 e. The van der Waals surface area contributed by atoms with Crippen molar-refractivity contribution < 1.29 is 37.0 Å². The highest BCUT2D eigenvalue weighted by molar-refractivity contribution is 7.90. The first-order chi connectivity index (χ1) is 25.9. The highest BCUT2D eigenvalue weighted by Crippen LogP contribution is 2.48. The van der Waals surface area contributed by atoms with Crippen molar-refractivity contribution in [1.82, 2.24) is 14.9 Å². The number of aryl methyl sites for hydroxylation is 1. The Kier molecular flexibility index (Phi) is 12.3. The molecule has 2 N–H and O–H groups in total. The first-order valence-electron chi connectivity index (χ1n) is 19.1. The Hall–Kier alpha value is -3.65. The number of aldehydes is 1. The van der Waals surface area contributed by atoms with Gasteiger partial charge in [-0.05, 0) is 105 Å². The van der Waals surface area contributed by atoms with Gasteiger partial charge in [-0.1, -0.05) is 38.1 Å². The van der Waals surface area contributed by atoms with E-state index in [9.17, 15) is 22.8 Å². The van der Waals surface area contributed by atoms with Crippen molar-refractivity contribution in [2.75, 3.05) is 57.9 Å². The van der Waals surface area contributed by atoms with Crippen LogP contribution in [0.25, 0.3) is 0 Å². The molecular formula is C41H55ClN4O8S. The number of methoxy groups -OCH3 is 1. The molecule has 7 atom stereocenters. The van der Waals surface area contributed by atoms with Gasteiger partial charge in [-0.15, -0.1) is 0 Å². The van der Waals surface area contributed by atoms with Crippen LogP contribution in [0, 0.1) is 17.8 Å². The number of piperazine rings is 1. The number of sulfonamides is 1. The fourth-order valence-corrected chi connectivity index (χ4v) is 10.6. The Morgan fingerprint density at radius 1 is 1.09 bits per heavy atom. The molecule has 2 amide bonds. The molecule has 3 fully saturated rings. The van der Waals surface area contributed by atoms with Gasteiger partial charge in [-0.25, -0.2) is 17.9 Å². The number of ether oxygens (including phenoxy) is 3. The minimum absolute atomic E-state index is 0. The van der Waals surface area contributed by atoms with Crippen LogP contribution in [-0.4, -0.2) is 102 Å². The smallest absolute Gasteiger partial charge is 0.410 e. The fourth-order valence-electron chi connectivity index (χ4n) is 9.08. The van der Waals surface area contributed by atoms with Gasteiger partial charge >= 0.3 is 6.09 Å². The van der Waals surface area contributed by atoms with Crippen LogP contribution in [0.1, 0.15) is 74.9 Å². The molecule has 0 radical (unpaired) electrons. The Balaban J connectivity index is 0.000000403. The van der Waals surface area contributed by atoms with Crippen molar-refractivity contribution in [3.05, 3.63) is 70.3 Å². The number of fused-ring (bicyclic) bond motifs is 5. The standard InChI is InChI=1S/C34H41ClN2O6S.C6H10N2O2.CH4/c1-22-6-4-15-34(20-38,42-3)29-11-8-26(29)18-37-19-33(14-5-7-24-16-27(35)10-12-28(24)33)21-43-31-13-9-25(17-30(31)37)32(39)36-44(40,41)23(22)2;9-6-8-2-1-7-3-5(8)4-10-6;/h4,9-10,12-13,15-17,20,22-23,26,29H,5-8,11,14,18-19,21H2,1-3H3,(H,36,39);5,7H,1-4H2;1H4/b15-4+;;/t22-,23+,26-,29+,33-,34-;5-;/m00./s1. The number of nitrogens with one attached hydrogen (secondary N) is 2. The van der Waals surface area contributed by atoms with Crippen LogP contribution in [0.4, 0.5) is 10.5 Å². The number of cyclic esters (lactones) is 1. The third-order valence-corrected chi connectivity index (χ3v) is 14.8. The summed E-state index contributed by atoms with van der Waals surface area (Å²) in [6.07, 6.45) is 9.51. The van der Waals surface area contributed by atoms with Gasteiger partial charge in [0.2, 0.25) is 10.0 Å². The molecular weight excluding hydrogens is 744 g/mol. The van der Waals surface area contributed by atoms with E-state index in [2.05, 4.69) is 27.1 Å². The van der Waals surface area contributed by atoms with Crippen molar-refractivity contribution in [2.45, 2.75) is 82.1 Å². The molecule has 2 aromatic rings. The van der Waals surface area contributed by atoms with Gasteiger partial charge in [-0.3, -0.25) is 14.5 Å². The van der Waals surface area contributed by atoms with Gasteiger partial charge in [-0.2, -0.15) is 0 Å². The molecule has 0 aromatic heterocycles. The van der Waals surface area contributed by atoms with Crippen LogP contribution in [0.5, 0.6) is 5.75 Å². The predicted molar refractivity (Wildman–Crippen MR) is 212 cm³/mol. The number of nitrogens with zero attached hydrogens (tertiary/aromatic N) is 2. The Morgan fingerprint density at radius 3 is 2.64 bits per heavy atom. The second kappa shape index (κ2) is 16.4. The number of halogens is 1. The van der Waals surface area contributed by atoms with Crippen molar-refractivity contribution in [2.24, 2.45) is 17.8 Å². The zero-order valence-electron chi connectivity index (χ0n) is 31.2. The van der Waals surface area contributed by atoms with E-state index in [-0.39, 0.29) is 42.3 Å². The van der Waals surface area contributed by atoms with E-state index >= 15 is 0 Å². The maximum absolute atomic E-state index is 13.4. The Morgan fingerprint density at radius 2 is 1.91 bits per heavy atom. The Bertz CT molecular complexity index is 1910. The quantitative estimate of drug-likeness (QED) is 0.295. The first kappa shape index (κ1) is 41.0. The molecule has 1 spiro atoms. The number of amides is 2. The van der Waals surface area contributed by atoms with Crippen LogP contribution >= 0.6 is 11.6 Å². The molecule has 2 aliphatic carbocycles. The topological polar surface area (TPSA) is 144 Å². The molecule has 6 aliphatic rings. The lowest BCUT2D eigenvalue weighted by atomic mass is 9.64. The van der Waals surface area contributed by atoms with Gasteiger partial charge in [0.15, 0.2) is 6.29 Å². The molecule has 14 heteroatoms. The Labute approximate surface area is 330 Å². The molecule has 2 aromatic carbocycles. The summed E-state index contributed by atoms with van der Waals surface area (Å²) in [6.45, 7) is 8.31. The number of rotatable bonds is 2. The van der Waals surface area contributed by atoms with Crippen LogP contribution < -0.4 is 19.7 Å². The monoisotopic (exact) mass is 798 g/mol. The van der Waals surface area contributed by atoms with Crippen LogP contribution in [-0.2, 0) is 36.1 Å². The normalized spacial score (nSPS) is 32.9. The number of hydrogen-bond acceptors (Lipinski definition) is 10. The third kappa shape index (κ3) is 7.99. The zero-order chi connectivity index (χ0) is 38.3. The lowest BCUT2D eigenvalue weighted by Crippen LogP contribution is -2.53. The summed E-state index contributed by atoms with van der Waals surface area (Å²) in [5.41, 5.74) is 2.05. The molecule has 4 aliphatic heterocycles. The number of benzene rings is 2. The summed E-state index contributed by atoms with van der Waals surface area (Å²) in [5, 5.41) is 3.08.